The summed E-state index contributed by atoms with van der Waals surface area (Å²) in [6.07, 6.45) is 11.3. The maximum absolute atomic E-state index is 12.5. The van der Waals surface area contributed by atoms with E-state index in [1.165, 1.54) is 32.1 Å². The molecule has 5 rings (SSSR count). The van der Waals surface area contributed by atoms with Crippen LogP contribution in [0.5, 0.6) is 0 Å². The number of nitrogens with one attached hydrogen (secondary N) is 2. The van der Waals surface area contributed by atoms with E-state index in [0.29, 0.717) is 23.3 Å². The Hall–Kier alpha value is -2.30. The summed E-state index contributed by atoms with van der Waals surface area (Å²) in [7, 11) is 1.99. The van der Waals surface area contributed by atoms with E-state index in [1.54, 1.807) is 0 Å². The van der Waals surface area contributed by atoms with E-state index in [9.17, 15) is 9.59 Å². The number of carbonyl (C=O) groups is 2. The van der Waals surface area contributed by atoms with Crippen molar-refractivity contribution in [3.63, 3.8) is 0 Å². The zero-order valence-electron chi connectivity index (χ0n) is 19.6. The SMILES string of the molecule is CN1C(=O)C=C[C@]2(C)[C@H]3CC[C@]4(C)[C@@H](CNC(=O)Nc5ccccc5)CC[C@H]4[C@@H]3CC[C@@H]12. The van der Waals surface area contributed by atoms with Gasteiger partial charge in [0, 0.05) is 30.7 Å². The lowest BCUT2D eigenvalue weighted by atomic mass is 9.47. The molecule has 32 heavy (non-hydrogen) atoms. The highest BCUT2D eigenvalue weighted by molar-refractivity contribution is 5.89. The molecule has 3 amide bonds. The zero-order valence-corrected chi connectivity index (χ0v) is 19.6. The number of likely N-dealkylation sites (N-methyl/N-ethyl adjacent to an activating group) is 1. The van der Waals surface area contributed by atoms with Gasteiger partial charge in [0.15, 0.2) is 0 Å². The largest absolute Gasteiger partial charge is 0.338 e. The first-order valence-electron chi connectivity index (χ1n) is 12.4. The summed E-state index contributed by atoms with van der Waals surface area (Å²) in [4.78, 5) is 26.7. The molecule has 0 bridgehead atoms. The zero-order chi connectivity index (χ0) is 22.5. The van der Waals surface area contributed by atoms with Crippen LogP contribution in [0.15, 0.2) is 42.5 Å². The minimum Gasteiger partial charge on any atom is -0.338 e. The fourth-order valence-electron chi connectivity index (χ4n) is 8.10. The molecule has 0 spiro atoms. The molecule has 1 aromatic carbocycles. The van der Waals surface area contributed by atoms with Crippen molar-refractivity contribution in [2.24, 2.45) is 34.5 Å². The maximum atomic E-state index is 12.5. The van der Waals surface area contributed by atoms with Gasteiger partial charge in [-0.2, -0.15) is 0 Å². The standard InChI is InChI=1S/C27H37N3O2/c1-26-15-13-22-20(10-12-23-27(22,2)16-14-24(31)30(23)3)21(26)11-9-18(26)17-28-25(32)29-19-7-5-4-6-8-19/h4-8,14,16,18,20-23H,9-13,15,17H2,1-3H3,(H2,28,29,32)/t18-,20+,21+,22+,23-,26-,27-/m1/s1. The predicted molar refractivity (Wildman–Crippen MR) is 127 cm³/mol. The second-order valence-corrected chi connectivity index (χ2v) is 11.1. The molecule has 5 heteroatoms. The van der Waals surface area contributed by atoms with Crippen LogP contribution in [-0.2, 0) is 4.79 Å². The Morgan fingerprint density at radius 1 is 1.06 bits per heavy atom. The van der Waals surface area contributed by atoms with Crippen molar-refractivity contribution in [3.05, 3.63) is 42.5 Å². The number of urea groups is 1. The van der Waals surface area contributed by atoms with E-state index in [-0.39, 0.29) is 17.4 Å². The Balaban J connectivity index is 1.26. The number of fused-ring (bicyclic) bond motifs is 5. The van der Waals surface area contributed by atoms with E-state index < -0.39 is 0 Å². The molecule has 1 heterocycles. The van der Waals surface area contributed by atoms with Gasteiger partial charge in [-0.1, -0.05) is 38.1 Å². The second-order valence-electron chi connectivity index (χ2n) is 11.1. The van der Waals surface area contributed by atoms with Crippen molar-refractivity contribution in [1.29, 1.82) is 0 Å². The fourth-order valence-corrected chi connectivity index (χ4v) is 8.10. The Morgan fingerprint density at radius 3 is 2.62 bits per heavy atom. The van der Waals surface area contributed by atoms with Gasteiger partial charge in [-0.3, -0.25) is 4.79 Å². The lowest BCUT2D eigenvalue weighted by Gasteiger charge is -2.60. The van der Waals surface area contributed by atoms with E-state index in [2.05, 4.69) is 30.6 Å². The molecule has 2 N–H and O–H groups in total. The molecule has 3 saturated carbocycles. The minimum absolute atomic E-state index is 0.0960. The summed E-state index contributed by atoms with van der Waals surface area (Å²) >= 11 is 0. The highest BCUT2D eigenvalue weighted by Gasteiger charge is 2.60. The quantitative estimate of drug-likeness (QED) is 0.697. The number of para-hydroxylation sites is 1. The number of benzene rings is 1. The van der Waals surface area contributed by atoms with Gasteiger partial charge in [-0.25, -0.2) is 4.79 Å². The predicted octanol–water partition coefficient (Wildman–Crippen LogP) is 5.06. The van der Waals surface area contributed by atoms with E-state index in [0.717, 1.165) is 30.5 Å². The number of nitrogens with zero attached hydrogens (tertiary/aromatic N) is 1. The van der Waals surface area contributed by atoms with Crippen molar-refractivity contribution < 1.29 is 9.59 Å². The monoisotopic (exact) mass is 435 g/mol. The van der Waals surface area contributed by atoms with Crippen molar-refractivity contribution in [2.75, 3.05) is 18.9 Å². The fraction of sp³-hybridized carbons (Fsp3) is 0.630. The van der Waals surface area contributed by atoms with Crippen molar-refractivity contribution in [2.45, 2.75) is 58.4 Å². The first-order valence-corrected chi connectivity index (χ1v) is 12.4. The van der Waals surface area contributed by atoms with Crippen LogP contribution in [0.4, 0.5) is 10.5 Å². The highest BCUT2D eigenvalue weighted by atomic mass is 16.2. The van der Waals surface area contributed by atoms with Crippen LogP contribution in [0.25, 0.3) is 0 Å². The molecule has 172 valence electrons. The van der Waals surface area contributed by atoms with Gasteiger partial charge in [-0.15, -0.1) is 0 Å². The number of hydrogen-bond acceptors (Lipinski definition) is 2. The summed E-state index contributed by atoms with van der Waals surface area (Å²) in [5.41, 5.74) is 1.22. The maximum Gasteiger partial charge on any atom is 0.319 e. The third kappa shape index (κ3) is 3.36. The molecule has 0 aromatic heterocycles. The normalized spacial score (nSPS) is 40.3. The average molecular weight is 436 g/mol. The molecule has 7 atom stereocenters. The van der Waals surface area contributed by atoms with Gasteiger partial charge in [0.05, 0.1) is 0 Å². The molecule has 5 nitrogen and oxygen atoms in total. The third-order valence-electron chi connectivity index (χ3n) is 9.86. The number of amides is 3. The first-order chi connectivity index (χ1) is 15.3. The lowest BCUT2D eigenvalue weighted by molar-refractivity contribution is -0.138. The van der Waals surface area contributed by atoms with Gasteiger partial charge in [0.2, 0.25) is 5.91 Å². The molecule has 3 fully saturated rings. The summed E-state index contributed by atoms with van der Waals surface area (Å²) < 4.78 is 0. The number of anilines is 1. The van der Waals surface area contributed by atoms with Crippen LogP contribution >= 0.6 is 0 Å². The number of rotatable bonds is 3. The highest BCUT2D eigenvalue weighted by Crippen LogP contribution is 2.65. The van der Waals surface area contributed by atoms with Gasteiger partial charge < -0.3 is 15.5 Å². The molecular weight excluding hydrogens is 398 g/mol. The van der Waals surface area contributed by atoms with Crippen molar-refractivity contribution in [1.82, 2.24) is 10.2 Å². The average Bonchev–Trinajstić information content (AvgIpc) is 3.12. The summed E-state index contributed by atoms with van der Waals surface area (Å²) in [5.74, 6) is 2.79. The molecule has 0 saturated heterocycles. The summed E-state index contributed by atoms with van der Waals surface area (Å²) in [6, 6.07) is 9.87. The van der Waals surface area contributed by atoms with E-state index in [4.69, 9.17) is 0 Å². The Morgan fingerprint density at radius 2 is 1.84 bits per heavy atom. The van der Waals surface area contributed by atoms with Gasteiger partial charge in [0.25, 0.3) is 0 Å². The van der Waals surface area contributed by atoms with Gasteiger partial charge in [0.1, 0.15) is 0 Å². The molecular formula is C27H37N3O2. The molecule has 4 aliphatic rings. The van der Waals surface area contributed by atoms with Crippen molar-refractivity contribution >= 4 is 17.6 Å². The smallest absolute Gasteiger partial charge is 0.319 e. The summed E-state index contributed by atoms with van der Waals surface area (Å²) in [5, 5.41) is 6.11. The van der Waals surface area contributed by atoms with E-state index >= 15 is 0 Å². The van der Waals surface area contributed by atoms with Crippen LogP contribution in [-0.4, -0.2) is 36.5 Å². The van der Waals surface area contributed by atoms with Crippen molar-refractivity contribution in [3.8, 4) is 0 Å². The molecule has 1 aromatic rings. The topological polar surface area (TPSA) is 61.4 Å². The van der Waals surface area contributed by atoms with Gasteiger partial charge >= 0.3 is 6.03 Å². The second kappa shape index (κ2) is 7.93. The minimum atomic E-state index is -0.106. The Kier molecular flexibility index (Phi) is 5.34. The molecule has 3 aliphatic carbocycles. The van der Waals surface area contributed by atoms with Crippen LogP contribution in [0.3, 0.4) is 0 Å². The van der Waals surface area contributed by atoms with Crippen LogP contribution in [0.2, 0.25) is 0 Å². The number of hydrogen-bond donors (Lipinski definition) is 2. The molecule has 0 unspecified atom stereocenters. The Bertz CT molecular complexity index is 915. The molecule has 0 radical (unpaired) electrons. The first kappa shape index (κ1) is 21.5. The lowest BCUT2D eigenvalue weighted by Crippen LogP contribution is -2.59. The number of carbonyl (C=O) groups excluding carboxylic acids is 2. The third-order valence-corrected chi connectivity index (χ3v) is 9.86. The van der Waals surface area contributed by atoms with Crippen LogP contribution in [0.1, 0.15) is 52.4 Å². The molecule has 1 aliphatic heterocycles. The Labute approximate surface area is 192 Å². The van der Waals surface area contributed by atoms with Gasteiger partial charge in [-0.05, 0) is 85.8 Å². The summed E-state index contributed by atoms with van der Waals surface area (Å²) in [6.45, 7) is 5.64. The van der Waals surface area contributed by atoms with Crippen LogP contribution < -0.4 is 10.6 Å². The van der Waals surface area contributed by atoms with Crippen LogP contribution in [0, 0.1) is 34.5 Å². The van der Waals surface area contributed by atoms with E-state index in [1.807, 2.05) is 48.4 Å².